The molecule has 25 heavy (non-hydrogen) atoms. The number of halogens is 1. The number of sulfone groups is 1. The van der Waals surface area contributed by atoms with Gasteiger partial charge in [-0.15, -0.1) is 10.2 Å². The Kier molecular flexibility index (Phi) is 4.47. The summed E-state index contributed by atoms with van der Waals surface area (Å²) in [5.74, 6) is -0.203. The highest BCUT2D eigenvalue weighted by Crippen LogP contribution is 2.20. The van der Waals surface area contributed by atoms with Gasteiger partial charge in [-0.25, -0.2) is 13.4 Å². The summed E-state index contributed by atoms with van der Waals surface area (Å²) in [4.78, 5) is 16.2. The minimum absolute atomic E-state index is 0.0494. The summed E-state index contributed by atoms with van der Waals surface area (Å²) in [6.45, 7) is 0. The van der Waals surface area contributed by atoms with Gasteiger partial charge in [0.05, 0.1) is 5.02 Å². The van der Waals surface area contributed by atoms with Gasteiger partial charge in [0.1, 0.15) is 5.69 Å². The average Bonchev–Trinajstić information content (AvgIpc) is 3.09. The molecule has 11 heteroatoms. The van der Waals surface area contributed by atoms with E-state index in [1.54, 1.807) is 24.3 Å². The zero-order chi connectivity index (χ0) is 18.0. The van der Waals surface area contributed by atoms with Crippen molar-refractivity contribution in [2.24, 2.45) is 0 Å². The molecule has 0 aliphatic carbocycles. The number of rotatable bonds is 4. The normalized spacial score (nSPS) is 11.3. The van der Waals surface area contributed by atoms with Gasteiger partial charge in [0.2, 0.25) is 5.82 Å². The van der Waals surface area contributed by atoms with E-state index in [9.17, 15) is 13.2 Å². The molecule has 0 bridgehead atoms. The minimum Gasteiger partial charge on any atom is -0.321 e. The Hall–Kier alpha value is -2.85. The molecule has 3 aromatic rings. The number of carbonyl (C=O) groups excluding carboxylic acids is 1. The molecule has 0 radical (unpaired) electrons. The molecule has 2 N–H and O–H groups in total. The average molecular weight is 379 g/mol. The maximum atomic E-state index is 12.3. The van der Waals surface area contributed by atoms with Crippen molar-refractivity contribution in [3.8, 4) is 11.4 Å². The lowest BCUT2D eigenvalue weighted by Gasteiger charge is -2.08. The number of tetrazole rings is 1. The van der Waals surface area contributed by atoms with Crippen LogP contribution in [0.2, 0.25) is 5.02 Å². The van der Waals surface area contributed by atoms with Crippen LogP contribution in [-0.4, -0.2) is 46.2 Å². The van der Waals surface area contributed by atoms with Crippen LogP contribution < -0.4 is 5.32 Å². The standard InChI is InChI=1S/C14H11ClN6O3S/c1-25(23,24)11-7-6-10(15)12(17-11)14(22)16-9-4-2-8(3-5-9)13-18-20-21-19-13/h2-7H,1H3,(H,16,22)(H,18,19,20,21). The molecule has 0 saturated heterocycles. The molecule has 0 aliphatic heterocycles. The summed E-state index contributed by atoms with van der Waals surface area (Å²) < 4.78 is 23.1. The molecule has 1 aromatic carbocycles. The topological polar surface area (TPSA) is 131 Å². The number of nitrogens with one attached hydrogen (secondary N) is 2. The molecular weight excluding hydrogens is 368 g/mol. The van der Waals surface area contributed by atoms with Crippen LogP contribution in [0.4, 0.5) is 5.69 Å². The van der Waals surface area contributed by atoms with Crippen LogP contribution in [0.1, 0.15) is 10.5 Å². The fourth-order valence-electron chi connectivity index (χ4n) is 1.97. The molecule has 2 aromatic heterocycles. The van der Waals surface area contributed by atoms with Gasteiger partial charge in [-0.1, -0.05) is 11.6 Å². The summed E-state index contributed by atoms with van der Waals surface area (Å²) in [5, 5.41) is 15.9. The van der Waals surface area contributed by atoms with Crippen LogP contribution in [0.5, 0.6) is 0 Å². The Morgan fingerprint density at radius 3 is 2.48 bits per heavy atom. The first-order valence-corrected chi connectivity index (χ1v) is 9.13. The van der Waals surface area contributed by atoms with Gasteiger partial charge in [-0.3, -0.25) is 4.79 Å². The maximum Gasteiger partial charge on any atom is 0.275 e. The number of benzene rings is 1. The maximum absolute atomic E-state index is 12.3. The fraction of sp³-hybridized carbons (Fsp3) is 0.0714. The Labute approximate surface area is 147 Å². The number of hydrogen-bond acceptors (Lipinski definition) is 7. The molecule has 0 fully saturated rings. The Morgan fingerprint density at radius 1 is 1.16 bits per heavy atom. The molecule has 3 rings (SSSR count). The Bertz CT molecular complexity index is 1020. The molecule has 9 nitrogen and oxygen atoms in total. The lowest BCUT2D eigenvalue weighted by molar-refractivity contribution is 0.102. The monoisotopic (exact) mass is 378 g/mol. The number of carbonyl (C=O) groups is 1. The second-order valence-corrected chi connectivity index (χ2v) is 7.39. The number of aromatic nitrogens is 5. The van der Waals surface area contributed by atoms with Crippen LogP contribution in [0.25, 0.3) is 11.4 Å². The number of H-pyrrole nitrogens is 1. The van der Waals surface area contributed by atoms with E-state index in [1.165, 1.54) is 12.1 Å². The molecule has 2 heterocycles. The number of hydrogen-bond donors (Lipinski definition) is 2. The van der Waals surface area contributed by atoms with Crippen molar-refractivity contribution < 1.29 is 13.2 Å². The predicted octanol–water partition coefficient (Wildman–Crippen LogP) is 1.57. The van der Waals surface area contributed by atoms with Gasteiger partial charge >= 0.3 is 0 Å². The van der Waals surface area contributed by atoms with E-state index in [0.717, 1.165) is 6.26 Å². The summed E-state index contributed by atoms with van der Waals surface area (Å²) in [6, 6.07) is 9.23. The third-order valence-electron chi connectivity index (χ3n) is 3.16. The highest BCUT2D eigenvalue weighted by Gasteiger charge is 2.17. The zero-order valence-corrected chi connectivity index (χ0v) is 14.3. The predicted molar refractivity (Wildman–Crippen MR) is 89.9 cm³/mol. The van der Waals surface area contributed by atoms with E-state index in [0.29, 0.717) is 17.1 Å². The molecule has 1 amide bonds. The van der Waals surface area contributed by atoms with Crippen molar-refractivity contribution >= 4 is 33.0 Å². The highest BCUT2D eigenvalue weighted by atomic mass is 35.5. The SMILES string of the molecule is CS(=O)(=O)c1ccc(Cl)c(C(=O)Nc2ccc(-c3nn[nH]n3)cc2)n1. The quantitative estimate of drug-likeness (QED) is 0.704. The van der Waals surface area contributed by atoms with Crippen LogP contribution in [-0.2, 0) is 9.84 Å². The summed E-state index contributed by atoms with van der Waals surface area (Å²) in [5.41, 5.74) is 1.01. The summed E-state index contributed by atoms with van der Waals surface area (Å²) in [7, 11) is -3.55. The Balaban J connectivity index is 1.83. The third kappa shape index (κ3) is 3.80. The van der Waals surface area contributed by atoms with Crippen LogP contribution in [0, 0.1) is 0 Å². The van der Waals surface area contributed by atoms with Gasteiger partial charge in [0.25, 0.3) is 5.91 Å². The van der Waals surface area contributed by atoms with E-state index in [4.69, 9.17) is 11.6 Å². The highest BCUT2D eigenvalue weighted by molar-refractivity contribution is 7.90. The molecule has 0 spiro atoms. The first-order chi connectivity index (χ1) is 11.8. The molecule has 0 unspecified atom stereocenters. The molecular formula is C14H11ClN6O3S. The molecule has 0 atom stereocenters. The molecule has 128 valence electrons. The molecule has 0 aliphatic rings. The van der Waals surface area contributed by atoms with Crippen LogP contribution in [0.3, 0.4) is 0 Å². The largest absolute Gasteiger partial charge is 0.321 e. The van der Waals surface area contributed by atoms with E-state index in [1.807, 2.05) is 0 Å². The Morgan fingerprint density at radius 2 is 1.88 bits per heavy atom. The van der Waals surface area contributed by atoms with Crippen molar-refractivity contribution in [1.29, 1.82) is 0 Å². The third-order valence-corrected chi connectivity index (χ3v) is 4.45. The van der Waals surface area contributed by atoms with Gasteiger partial charge in [-0.2, -0.15) is 5.21 Å². The van der Waals surface area contributed by atoms with Crippen LogP contribution in [0.15, 0.2) is 41.4 Å². The summed E-state index contributed by atoms with van der Waals surface area (Å²) >= 11 is 5.96. The number of anilines is 1. The number of nitrogens with zero attached hydrogens (tertiary/aromatic N) is 4. The lowest BCUT2D eigenvalue weighted by Crippen LogP contribution is -2.16. The molecule has 0 saturated carbocycles. The van der Waals surface area contributed by atoms with Crippen molar-refractivity contribution in [1.82, 2.24) is 25.6 Å². The first-order valence-electron chi connectivity index (χ1n) is 6.86. The van der Waals surface area contributed by atoms with E-state index in [-0.39, 0.29) is 15.7 Å². The van der Waals surface area contributed by atoms with Crippen molar-refractivity contribution in [3.63, 3.8) is 0 Å². The van der Waals surface area contributed by atoms with Crippen molar-refractivity contribution in [2.75, 3.05) is 11.6 Å². The van der Waals surface area contributed by atoms with Crippen molar-refractivity contribution in [2.45, 2.75) is 5.03 Å². The smallest absolute Gasteiger partial charge is 0.275 e. The number of pyridine rings is 1. The second-order valence-electron chi connectivity index (χ2n) is 5.02. The fourth-order valence-corrected chi connectivity index (χ4v) is 2.73. The van der Waals surface area contributed by atoms with Gasteiger partial charge in [0.15, 0.2) is 14.9 Å². The van der Waals surface area contributed by atoms with E-state index >= 15 is 0 Å². The number of aromatic amines is 1. The number of amides is 1. The van der Waals surface area contributed by atoms with Gasteiger partial charge < -0.3 is 5.32 Å². The minimum atomic E-state index is -3.55. The van der Waals surface area contributed by atoms with Crippen molar-refractivity contribution in [3.05, 3.63) is 47.1 Å². The lowest BCUT2D eigenvalue weighted by atomic mass is 10.2. The summed E-state index contributed by atoms with van der Waals surface area (Å²) in [6.07, 6.45) is 1.00. The van der Waals surface area contributed by atoms with E-state index in [2.05, 4.69) is 30.9 Å². The van der Waals surface area contributed by atoms with E-state index < -0.39 is 15.7 Å². The van der Waals surface area contributed by atoms with Gasteiger partial charge in [0, 0.05) is 17.5 Å². The van der Waals surface area contributed by atoms with Gasteiger partial charge in [-0.05, 0) is 41.6 Å². The first kappa shape index (κ1) is 17.0. The second kappa shape index (κ2) is 6.57. The zero-order valence-electron chi connectivity index (χ0n) is 12.8. The van der Waals surface area contributed by atoms with Crippen LogP contribution >= 0.6 is 11.6 Å².